The van der Waals surface area contributed by atoms with Gasteiger partial charge in [0.15, 0.2) is 0 Å². The third-order valence-corrected chi connectivity index (χ3v) is 5.18. The van der Waals surface area contributed by atoms with Crippen molar-refractivity contribution in [1.82, 2.24) is 4.90 Å². The van der Waals surface area contributed by atoms with Crippen LogP contribution in [0.1, 0.15) is 64.5 Å². The van der Waals surface area contributed by atoms with E-state index < -0.39 is 11.7 Å². The SMILES string of the molecule is CCN(CC)C(OC)(C(=O)O)c1ccc(CC(=N)CCCCC=CC(C)C)cc1. The molecule has 0 aromatic heterocycles. The molecule has 1 aromatic carbocycles. The monoisotopic (exact) mass is 402 g/mol. The van der Waals surface area contributed by atoms with E-state index in [9.17, 15) is 9.90 Å². The standard InChI is InChI=1S/C24H38N2O3/c1-6-26(7-2)24(29-5,23(27)28)21-16-14-20(15-17-21)18-22(25)13-11-9-8-10-12-19(3)4/h10,12,14-17,19,25H,6-9,11,13,18H2,1-5H3,(H,27,28). The number of hydrogen-bond donors (Lipinski definition) is 2. The molecule has 0 aliphatic carbocycles. The molecular weight excluding hydrogens is 364 g/mol. The molecule has 0 heterocycles. The predicted octanol–water partition coefficient (Wildman–Crippen LogP) is 5.25. The van der Waals surface area contributed by atoms with E-state index in [0.29, 0.717) is 36.7 Å². The number of ether oxygens (including phenoxy) is 1. The third-order valence-electron chi connectivity index (χ3n) is 5.18. The summed E-state index contributed by atoms with van der Waals surface area (Å²) in [6.07, 6.45) is 9.04. The zero-order valence-corrected chi connectivity index (χ0v) is 18.7. The number of allylic oxidation sites excluding steroid dienone is 2. The first-order valence-electron chi connectivity index (χ1n) is 10.7. The quantitative estimate of drug-likeness (QED) is 0.193. The molecule has 0 aliphatic rings. The zero-order valence-electron chi connectivity index (χ0n) is 18.7. The molecule has 162 valence electrons. The van der Waals surface area contributed by atoms with Crippen molar-refractivity contribution >= 4 is 11.7 Å². The van der Waals surface area contributed by atoms with Crippen molar-refractivity contribution in [1.29, 1.82) is 5.41 Å². The molecule has 0 aliphatic heterocycles. The van der Waals surface area contributed by atoms with Crippen molar-refractivity contribution in [3.63, 3.8) is 0 Å². The molecule has 29 heavy (non-hydrogen) atoms. The van der Waals surface area contributed by atoms with Crippen LogP contribution in [-0.4, -0.2) is 41.9 Å². The van der Waals surface area contributed by atoms with E-state index in [1.54, 1.807) is 4.90 Å². The number of benzene rings is 1. The summed E-state index contributed by atoms with van der Waals surface area (Å²) in [5.74, 6) is -0.424. The van der Waals surface area contributed by atoms with Gasteiger partial charge in [0, 0.05) is 24.8 Å². The molecular formula is C24H38N2O3. The molecule has 0 spiro atoms. The van der Waals surface area contributed by atoms with E-state index in [1.807, 2.05) is 38.1 Å². The van der Waals surface area contributed by atoms with E-state index >= 15 is 0 Å². The first-order valence-corrected chi connectivity index (χ1v) is 10.7. The molecule has 1 aromatic rings. The van der Waals surface area contributed by atoms with E-state index in [1.165, 1.54) is 7.11 Å². The second kappa shape index (κ2) is 12.6. The Morgan fingerprint density at radius 1 is 1.21 bits per heavy atom. The number of unbranched alkanes of at least 4 members (excludes halogenated alkanes) is 2. The lowest BCUT2D eigenvalue weighted by Gasteiger charge is -2.38. The van der Waals surface area contributed by atoms with Crippen molar-refractivity contribution < 1.29 is 14.6 Å². The second-order valence-electron chi connectivity index (χ2n) is 7.72. The summed E-state index contributed by atoms with van der Waals surface area (Å²) < 4.78 is 5.53. The molecule has 0 amide bonds. The number of nitrogens with zero attached hydrogens (tertiary/aromatic N) is 1. The van der Waals surface area contributed by atoms with Gasteiger partial charge in [0.25, 0.3) is 0 Å². The van der Waals surface area contributed by atoms with E-state index in [4.69, 9.17) is 10.1 Å². The predicted molar refractivity (Wildman–Crippen MR) is 120 cm³/mol. The van der Waals surface area contributed by atoms with Gasteiger partial charge in [0.1, 0.15) is 0 Å². The number of rotatable bonds is 14. The normalized spacial score (nSPS) is 13.9. The summed E-state index contributed by atoms with van der Waals surface area (Å²) in [5.41, 5.74) is 0.848. The number of carboxylic acid groups (broad SMARTS) is 1. The van der Waals surface area contributed by atoms with Gasteiger partial charge >= 0.3 is 5.97 Å². The maximum atomic E-state index is 12.1. The minimum absolute atomic E-state index is 0.565. The number of carbonyl (C=O) groups is 1. The zero-order chi connectivity index (χ0) is 21.9. The van der Waals surface area contributed by atoms with Gasteiger partial charge in [-0.15, -0.1) is 0 Å². The van der Waals surface area contributed by atoms with Gasteiger partial charge in [0.2, 0.25) is 5.72 Å². The lowest BCUT2D eigenvalue weighted by Crippen LogP contribution is -2.53. The minimum atomic E-state index is -1.49. The fourth-order valence-electron chi connectivity index (χ4n) is 3.60. The summed E-state index contributed by atoms with van der Waals surface area (Å²) in [6, 6.07) is 7.45. The summed E-state index contributed by atoms with van der Waals surface area (Å²) in [7, 11) is 1.44. The highest BCUT2D eigenvalue weighted by atomic mass is 16.5. The molecule has 1 unspecified atom stereocenters. The number of carboxylic acids is 1. The van der Waals surface area contributed by atoms with E-state index in [-0.39, 0.29) is 0 Å². The fraction of sp³-hybridized carbons (Fsp3) is 0.583. The van der Waals surface area contributed by atoms with Gasteiger partial charge in [-0.3, -0.25) is 4.90 Å². The van der Waals surface area contributed by atoms with Crippen LogP contribution >= 0.6 is 0 Å². The van der Waals surface area contributed by atoms with Crippen molar-refractivity contribution in [2.24, 2.45) is 5.92 Å². The molecule has 5 nitrogen and oxygen atoms in total. The third kappa shape index (κ3) is 7.09. The van der Waals surface area contributed by atoms with E-state index in [0.717, 1.165) is 31.2 Å². The Bertz CT molecular complexity index is 663. The van der Waals surface area contributed by atoms with Gasteiger partial charge in [0.05, 0.1) is 0 Å². The van der Waals surface area contributed by atoms with Crippen LogP contribution in [0.2, 0.25) is 0 Å². The van der Waals surface area contributed by atoms with Crippen LogP contribution in [0, 0.1) is 11.3 Å². The van der Waals surface area contributed by atoms with Crippen molar-refractivity contribution in [2.45, 2.75) is 65.5 Å². The van der Waals surface area contributed by atoms with Crippen LogP contribution in [-0.2, 0) is 21.7 Å². The smallest absolute Gasteiger partial charge is 0.356 e. The van der Waals surface area contributed by atoms with Crippen LogP contribution in [0.15, 0.2) is 36.4 Å². The summed E-state index contributed by atoms with van der Waals surface area (Å²) in [4.78, 5) is 13.9. The van der Waals surface area contributed by atoms with Crippen molar-refractivity contribution in [3.8, 4) is 0 Å². The Labute approximate surface area is 176 Å². The lowest BCUT2D eigenvalue weighted by atomic mass is 9.96. The number of aliphatic carboxylic acids is 1. The molecule has 0 saturated carbocycles. The maximum Gasteiger partial charge on any atom is 0.356 e. The molecule has 0 radical (unpaired) electrons. The summed E-state index contributed by atoms with van der Waals surface area (Å²) >= 11 is 0. The molecule has 5 heteroatoms. The Kier molecular flexibility index (Phi) is 10.8. The van der Waals surface area contributed by atoms with Crippen LogP contribution in [0.25, 0.3) is 0 Å². The summed E-state index contributed by atoms with van der Waals surface area (Å²) in [5, 5.41) is 18.1. The fourth-order valence-corrected chi connectivity index (χ4v) is 3.60. The molecule has 1 atom stereocenters. The first-order chi connectivity index (χ1) is 13.8. The van der Waals surface area contributed by atoms with E-state index in [2.05, 4.69) is 26.0 Å². The molecule has 2 N–H and O–H groups in total. The average molecular weight is 403 g/mol. The Balaban J connectivity index is 2.72. The number of nitrogens with one attached hydrogen (secondary N) is 1. The minimum Gasteiger partial charge on any atom is -0.478 e. The van der Waals surface area contributed by atoms with Crippen LogP contribution < -0.4 is 0 Å². The highest BCUT2D eigenvalue weighted by Crippen LogP contribution is 2.30. The largest absolute Gasteiger partial charge is 0.478 e. The van der Waals surface area contributed by atoms with Crippen molar-refractivity contribution in [3.05, 3.63) is 47.5 Å². The van der Waals surface area contributed by atoms with Gasteiger partial charge < -0.3 is 15.3 Å². The molecule has 0 bridgehead atoms. The van der Waals surface area contributed by atoms with Crippen LogP contribution in [0.5, 0.6) is 0 Å². The molecule has 0 fully saturated rings. The van der Waals surface area contributed by atoms with Gasteiger partial charge in [-0.2, -0.15) is 0 Å². The number of likely N-dealkylation sites (N-methyl/N-ethyl adjacent to an activating group) is 1. The lowest BCUT2D eigenvalue weighted by molar-refractivity contribution is -0.194. The Morgan fingerprint density at radius 2 is 1.83 bits per heavy atom. The van der Waals surface area contributed by atoms with Crippen LogP contribution in [0.3, 0.4) is 0 Å². The van der Waals surface area contributed by atoms with Crippen LogP contribution in [0.4, 0.5) is 0 Å². The Hall–Kier alpha value is -1.98. The van der Waals surface area contributed by atoms with Crippen molar-refractivity contribution in [2.75, 3.05) is 20.2 Å². The second-order valence-corrected chi connectivity index (χ2v) is 7.72. The number of methoxy groups -OCH3 is 1. The van der Waals surface area contributed by atoms with Gasteiger partial charge in [-0.05, 0) is 50.3 Å². The molecule has 1 rings (SSSR count). The average Bonchev–Trinajstić information content (AvgIpc) is 2.69. The highest BCUT2D eigenvalue weighted by Gasteiger charge is 2.45. The highest BCUT2D eigenvalue weighted by molar-refractivity contribution is 5.83. The summed E-state index contributed by atoms with van der Waals surface area (Å²) in [6.45, 7) is 9.33. The van der Waals surface area contributed by atoms with Gasteiger partial charge in [-0.25, -0.2) is 4.79 Å². The first kappa shape index (κ1) is 25.1. The molecule has 0 saturated heterocycles. The topological polar surface area (TPSA) is 73.6 Å². The van der Waals surface area contributed by atoms with Gasteiger partial charge in [-0.1, -0.05) is 64.1 Å². The maximum absolute atomic E-state index is 12.1. The number of hydrogen-bond acceptors (Lipinski definition) is 4. The Morgan fingerprint density at radius 3 is 2.31 bits per heavy atom.